The van der Waals surface area contributed by atoms with Crippen molar-refractivity contribution in [1.29, 1.82) is 0 Å². The van der Waals surface area contributed by atoms with Crippen molar-refractivity contribution in [2.24, 2.45) is 0 Å². The zero-order valence-corrected chi connectivity index (χ0v) is 7.31. The van der Waals surface area contributed by atoms with Gasteiger partial charge in [0.1, 0.15) is 6.33 Å². The molecule has 0 spiro atoms. The topological polar surface area (TPSA) is 57.1 Å². The van der Waals surface area contributed by atoms with Gasteiger partial charge in [-0.25, -0.2) is 0 Å². The smallest absolute Gasteiger partial charge is 0.322 e. The molecule has 5 nitrogen and oxygen atoms in total. The van der Waals surface area contributed by atoms with E-state index in [2.05, 4.69) is 15.0 Å². The summed E-state index contributed by atoms with van der Waals surface area (Å²) < 4.78 is 10.0. The molecule has 0 radical (unpaired) electrons. The predicted molar refractivity (Wildman–Crippen MR) is 42.1 cm³/mol. The molecular weight excluding hydrogens is 158 g/mol. The largest absolute Gasteiger partial charge is 0.467 e. The fourth-order valence-corrected chi connectivity index (χ4v) is 0.633. The molecule has 0 bridgehead atoms. The third-order valence-corrected chi connectivity index (χ3v) is 1.05. The molecule has 66 valence electrons. The maximum atomic E-state index is 5.21. The first-order valence-electron chi connectivity index (χ1n) is 3.62. The second-order valence-corrected chi connectivity index (χ2v) is 2.42. The molecule has 5 heteroatoms. The lowest BCUT2D eigenvalue weighted by Crippen LogP contribution is -2.09. The first kappa shape index (κ1) is 8.70. The Morgan fingerprint density at radius 2 is 1.92 bits per heavy atom. The van der Waals surface area contributed by atoms with Crippen molar-refractivity contribution in [3.8, 4) is 12.0 Å². The minimum atomic E-state index is 0.0529. The van der Waals surface area contributed by atoms with Crippen molar-refractivity contribution in [3.63, 3.8) is 0 Å². The van der Waals surface area contributed by atoms with Gasteiger partial charge < -0.3 is 9.47 Å². The highest BCUT2D eigenvalue weighted by Crippen LogP contribution is 2.06. The van der Waals surface area contributed by atoms with E-state index in [1.807, 2.05) is 13.8 Å². The molecule has 0 fully saturated rings. The van der Waals surface area contributed by atoms with E-state index in [-0.39, 0.29) is 18.1 Å². The maximum Gasteiger partial charge on any atom is 0.322 e. The summed E-state index contributed by atoms with van der Waals surface area (Å²) in [6.07, 6.45) is 1.40. The molecule has 12 heavy (non-hydrogen) atoms. The Labute approximate surface area is 70.8 Å². The summed E-state index contributed by atoms with van der Waals surface area (Å²) in [5, 5.41) is 0. The minimum absolute atomic E-state index is 0.0529. The fraction of sp³-hybridized carbons (Fsp3) is 0.571. The van der Waals surface area contributed by atoms with E-state index < -0.39 is 0 Å². The predicted octanol–water partition coefficient (Wildman–Crippen LogP) is 0.667. The molecule has 1 aromatic rings. The summed E-state index contributed by atoms with van der Waals surface area (Å²) in [6, 6.07) is 0.553. The van der Waals surface area contributed by atoms with E-state index in [0.29, 0.717) is 0 Å². The lowest BCUT2D eigenvalue weighted by Gasteiger charge is -2.06. The Hall–Kier alpha value is -1.39. The monoisotopic (exact) mass is 169 g/mol. The number of rotatable bonds is 3. The molecule has 0 saturated carbocycles. The molecule has 1 heterocycles. The molecule has 0 saturated heterocycles. The Morgan fingerprint density at radius 1 is 1.25 bits per heavy atom. The van der Waals surface area contributed by atoms with E-state index in [4.69, 9.17) is 9.47 Å². The molecule has 0 N–H and O–H groups in total. The molecular formula is C7H11N3O2. The van der Waals surface area contributed by atoms with Crippen LogP contribution in [0.5, 0.6) is 12.0 Å². The van der Waals surface area contributed by atoms with Crippen LogP contribution < -0.4 is 9.47 Å². The summed E-state index contributed by atoms with van der Waals surface area (Å²) in [4.78, 5) is 11.4. The van der Waals surface area contributed by atoms with Crippen molar-refractivity contribution in [3.05, 3.63) is 6.33 Å². The zero-order chi connectivity index (χ0) is 8.97. The van der Waals surface area contributed by atoms with Gasteiger partial charge in [0.15, 0.2) is 0 Å². The van der Waals surface area contributed by atoms with E-state index in [9.17, 15) is 0 Å². The Balaban J connectivity index is 2.72. The lowest BCUT2D eigenvalue weighted by atomic mass is 10.5. The zero-order valence-electron chi connectivity index (χ0n) is 7.31. The van der Waals surface area contributed by atoms with Gasteiger partial charge in [0.05, 0.1) is 13.2 Å². The van der Waals surface area contributed by atoms with Crippen molar-refractivity contribution in [2.45, 2.75) is 20.0 Å². The molecule has 0 aliphatic carbocycles. The van der Waals surface area contributed by atoms with Crippen molar-refractivity contribution >= 4 is 0 Å². The molecule has 0 aliphatic heterocycles. The van der Waals surface area contributed by atoms with Crippen molar-refractivity contribution in [1.82, 2.24) is 15.0 Å². The van der Waals surface area contributed by atoms with Gasteiger partial charge in [-0.05, 0) is 13.8 Å². The Kier molecular flexibility index (Phi) is 2.79. The second kappa shape index (κ2) is 3.85. The number of methoxy groups -OCH3 is 1. The van der Waals surface area contributed by atoms with Gasteiger partial charge in [0, 0.05) is 0 Å². The van der Waals surface area contributed by atoms with Crippen LogP contribution in [0, 0.1) is 0 Å². The van der Waals surface area contributed by atoms with Gasteiger partial charge in [0.2, 0.25) is 0 Å². The van der Waals surface area contributed by atoms with Crippen LogP contribution in [-0.2, 0) is 0 Å². The van der Waals surface area contributed by atoms with Gasteiger partial charge in [-0.2, -0.15) is 9.97 Å². The fourth-order valence-electron chi connectivity index (χ4n) is 0.633. The average Bonchev–Trinajstić information content (AvgIpc) is 2.03. The van der Waals surface area contributed by atoms with Gasteiger partial charge in [0.25, 0.3) is 0 Å². The third kappa shape index (κ3) is 2.34. The lowest BCUT2D eigenvalue weighted by molar-refractivity contribution is 0.216. The van der Waals surface area contributed by atoms with Crippen molar-refractivity contribution < 1.29 is 9.47 Å². The highest BCUT2D eigenvalue weighted by molar-refractivity contribution is 4.99. The van der Waals surface area contributed by atoms with Crippen LogP contribution in [0.3, 0.4) is 0 Å². The first-order valence-corrected chi connectivity index (χ1v) is 3.62. The number of ether oxygens (including phenoxy) is 2. The Morgan fingerprint density at radius 3 is 2.50 bits per heavy atom. The van der Waals surface area contributed by atoms with Crippen LogP contribution in [0.4, 0.5) is 0 Å². The molecule has 0 aliphatic rings. The summed E-state index contributed by atoms with van der Waals surface area (Å²) in [5.74, 6) is 0. The summed E-state index contributed by atoms with van der Waals surface area (Å²) in [6.45, 7) is 3.80. The van der Waals surface area contributed by atoms with Gasteiger partial charge in [-0.15, -0.1) is 4.98 Å². The number of hydrogen-bond acceptors (Lipinski definition) is 5. The van der Waals surface area contributed by atoms with Crippen LogP contribution in [0.15, 0.2) is 6.33 Å². The van der Waals surface area contributed by atoms with Crippen LogP contribution in [0.2, 0.25) is 0 Å². The van der Waals surface area contributed by atoms with Gasteiger partial charge in [-0.3, -0.25) is 0 Å². The third-order valence-electron chi connectivity index (χ3n) is 1.05. The number of nitrogens with zero attached hydrogens (tertiary/aromatic N) is 3. The van der Waals surface area contributed by atoms with Crippen LogP contribution in [0.25, 0.3) is 0 Å². The molecule has 1 aromatic heterocycles. The van der Waals surface area contributed by atoms with Gasteiger partial charge >= 0.3 is 12.0 Å². The summed E-state index contributed by atoms with van der Waals surface area (Å²) in [5.41, 5.74) is 0. The standard InChI is InChI=1S/C7H11N3O2/c1-5(2)12-7-9-4-8-6(10-7)11-3/h4-5H,1-3H3. The van der Waals surface area contributed by atoms with Crippen LogP contribution in [0.1, 0.15) is 13.8 Å². The normalized spacial score (nSPS) is 10.0. The summed E-state index contributed by atoms with van der Waals surface area (Å²) >= 11 is 0. The first-order chi connectivity index (χ1) is 5.72. The molecule has 0 aromatic carbocycles. The van der Waals surface area contributed by atoms with Crippen molar-refractivity contribution in [2.75, 3.05) is 7.11 Å². The number of aromatic nitrogens is 3. The average molecular weight is 169 g/mol. The SMILES string of the molecule is COc1ncnc(OC(C)C)n1. The maximum absolute atomic E-state index is 5.21. The highest BCUT2D eigenvalue weighted by atomic mass is 16.5. The Bertz CT molecular complexity index is 252. The quantitative estimate of drug-likeness (QED) is 0.665. The second-order valence-electron chi connectivity index (χ2n) is 2.42. The molecule has 0 unspecified atom stereocenters. The minimum Gasteiger partial charge on any atom is -0.467 e. The van der Waals surface area contributed by atoms with E-state index in [0.717, 1.165) is 0 Å². The molecule has 1 rings (SSSR count). The van der Waals surface area contributed by atoms with Gasteiger partial charge in [-0.1, -0.05) is 0 Å². The molecule has 0 atom stereocenters. The van der Waals surface area contributed by atoms with Crippen LogP contribution in [-0.4, -0.2) is 28.2 Å². The highest BCUT2D eigenvalue weighted by Gasteiger charge is 2.02. The molecule has 0 amide bonds. The van der Waals surface area contributed by atoms with E-state index in [1.54, 1.807) is 0 Å². The van der Waals surface area contributed by atoms with E-state index in [1.165, 1.54) is 13.4 Å². The van der Waals surface area contributed by atoms with E-state index >= 15 is 0 Å². The van der Waals surface area contributed by atoms with Crippen LogP contribution >= 0.6 is 0 Å². The number of hydrogen-bond donors (Lipinski definition) is 0. The summed E-state index contributed by atoms with van der Waals surface area (Å²) in [7, 11) is 1.49.